The molecule has 0 unspecified atom stereocenters. The zero-order valence-corrected chi connectivity index (χ0v) is 17.1. The second-order valence-corrected chi connectivity index (χ2v) is 8.81. The van der Waals surface area contributed by atoms with Crippen LogP contribution in [0.2, 0.25) is 0 Å². The number of nitrogens with zero attached hydrogens (tertiary/aromatic N) is 3. The van der Waals surface area contributed by atoms with Gasteiger partial charge >= 0.3 is 5.69 Å². The van der Waals surface area contributed by atoms with Gasteiger partial charge < -0.3 is 5.32 Å². The second-order valence-electron chi connectivity index (χ2n) is 6.55. The number of fused-ring (bicyclic) bond motifs is 1. The second kappa shape index (κ2) is 8.57. The van der Waals surface area contributed by atoms with Crippen molar-refractivity contribution in [2.75, 3.05) is 11.1 Å². The lowest BCUT2D eigenvalue weighted by Gasteiger charge is -2.14. The van der Waals surface area contributed by atoms with E-state index in [1.165, 1.54) is 45.9 Å². The van der Waals surface area contributed by atoms with E-state index in [0.29, 0.717) is 16.4 Å². The number of nitrogens with one attached hydrogen (secondary N) is 2. The van der Waals surface area contributed by atoms with Crippen molar-refractivity contribution < 1.29 is 9.72 Å². The van der Waals surface area contributed by atoms with Crippen LogP contribution in [0.25, 0.3) is 10.2 Å². The van der Waals surface area contributed by atoms with Crippen LogP contribution in [-0.4, -0.2) is 31.1 Å². The normalized spacial score (nSPS) is 11.1. The average molecular weight is 435 g/mol. The number of thioether (sulfide) groups is 1. The van der Waals surface area contributed by atoms with E-state index in [9.17, 15) is 24.5 Å². The number of hydrogen-bond donors (Lipinski definition) is 2. The summed E-state index contributed by atoms with van der Waals surface area (Å²) in [6.45, 7) is 4.17. The maximum Gasteiger partial charge on any atom is 0.329 e. The highest BCUT2D eigenvalue weighted by molar-refractivity contribution is 8.01. The van der Waals surface area contributed by atoms with Crippen molar-refractivity contribution >= 4 is 50.7 Å². The van der Waals surface area contributed by atoms with E-state index in [1.807, 2.05) is 13.8 Å². The molecule has 1 amide bonds. The first-order chi connectivity index (χ1) is 13.7. The molecule has 12 heteroatoms. The maximum absolute atomic E-state index is 12.3. The SMILES string of the molecule is CC(C)Cn1c(NC(=O)CSc2nc3cc([N+](=O)[O-])ccc3s2)cc(=O)[nH]c1=O. The number of non-ortho nitro benzene ring substituents is 1. The number of aromatic nitrogens is 3. The summed E-state index contributed by atoms with van der Waals surface area (Å²) in [6.07, 6.45) is 0. The fraction of sp³-hybridized carbons (Fsp3) is 0.294. The Labute approximate surface area is 172 Å². The highest BCUT2D eigenvalue weighted by Crippen LogP contribution is 2.31. The molecule has 29 heavy (non-hydrogen) atoms. The number of nitro groups is 1. The molecule has 3 rings (SSSR count). The predicted octanol–water partition coefficient (Wildman–Crippen LogP) is 2.44. The lowest BCUT2D eigenvalue weighted by molar-refractivity contribution is -0.384. The first-order valence-electron chi connectivity index (χ1n) is 8.54. The van der Waals surface area contributed by atoms with Gasteiger partial charge in [-0.2, -0.15) is 0 Å². The summed E-state index contributed by atoms with van der Waals surface area (Å²) < 4.78 is 2.67. The van der Waals surface area contributed by atoms with Gasteiger partial charge in [-0.15, -0.1) is 11.3 Å². The molecule has 0 saturated heterocycles. The van der Waals surface area contributed by atoms with Crippen LogP contribution in [0.3, 0.4) is 0 Å². The van der Waals surface area contributed by atoms with E-state index in [4.69, 9.17) is 0 Å². The van der Waals surface area contributed by atoms with Crippen molar-refractivity contribution in [2.24, 2.45) is 5.92 Å². The van der Waals surface area contributed by atoms with Crippen LogP contribution < -0.4 is 16.6 Å². The monoisotopic (exact) mass is 435 g/mol. The standard InChI is InChI=1S/C17H17N5O5S2/c1-9(2)7-21-13(6-14(23)20-16(21)25)19-15(24)8-28-17-18-11-5-10(22(26)27)3-4-12(11)29-17/h3-6,9H,7-8H2,1-2H3,(H,19,24)(H,20,23,25). The van der Waals surface area contributed by atoms with E-state index in [2.05, 4.69) is 15.3 Å². The van der Waals surface area contributed by atoms with Crippen LogP contribution in [0.5, 0.6) is 0 Å². The topological polar surface area (TPSA) is 140 Å². The molecule has 0 aliphatic carbocycles. The van der Waals surface area contributed by atoms with E-state index in [1.54, 1.807) is 6.07 Å². The van der Waals surface area contributed by atoms with E-state index < -0.39 is 22.1 Å². The summed E-state index contributed by atoms with van der Waals surface area (Å²) in [5.74, 6) is -0.124. The zero-order valence-electron chi connectivity index (χ0n) is 15.5. The highest BCUT2D eigenvalue weighted by atomic mass is 32.2. The summed E-state index contributed by atoms with van der Waals surface area (Å²) in [6, 6.07) is 5.58. The molecule has 0 aliphatic heterocycles. The van der Waals surface area contributed by atoms with Crippen LogP contribution in [0.1, 0.15) is 13.8 Å². The minimum Gasteiger partial charge on any atom is -0.311 e. The molecule has 2 aromatic heterocycles. The number of nitro benzene ring substituents is 1. The summed E-state index contributed by atoms with van der Waals surface area (Å²) in [4.78, 5) is 52.8. The molecule has 0 saturated carbocycles. The Morgan fingerprint density at radius 1 is 1.38 bits per heavy atom. The van der Waals surface area contributed by atoms with Gasteiger partial charge in [0.15, 0.2) is 4.34 Å². The fourth-order valence-electron chi connectivity index (χ4n) is 2.55. The molecule has 0 atom stereocenters. The number of aromatic amines is 1. The zero-order chi connectivity index (χ0) is 21.1. The predicted molar refractivity (Wildman–Crippen MR) is 112 cm³/mol. The van der Waals surface area contributed by atoms with Gasteiger partial charge in [0.1, 0.15) is 5.82 Å². The number of hydrogen-bond acceptors (Lipinski definition) is 8. The first kappa shape index (κ1) is 20.7. The number of carbonyl (C=O) groups excluding carboxylic acids is 1. The third kappa shape index (κ3) is 5.09. The molecule has 0 spiro atoms. The Morgan fingerprint density at radius 2 is 2.14 bits per heavy atom. The molecule has 1 aromatic carbocycles. The smallest absolute Gasteiger partial charge is 0.311 e. The van der Waals surface area contributed by atoms with Crippen molar-refractivity contribution in [3.63, 3.8) is 0 Å². The van der Waals surface area contributed by atoms with E-state index in [0.717, 1.165) is 4.70 Å². The van der Waals surface area contributed by atoms with Crippen molar-refractivity contribution in [3.8, 4) is 0 Å². The number of benzene rings is 1. The maximum atomic E-state index is 12.3. The fourth-order valence-corrected chi connectivity index (χ4v) is 4.40. The molecule has 0 aliphatic rings. The van der Waals surface area contributed by atoms with Gasteiger partial charge in [-0.1, -0.05) is 25.6 Å². The summed E-state index contributed by atoms with van der Waals surface area (Å²) >= 11 is 2.49. The van der Waals surface area contributed by atoms with Crippen molar-refractivity contribution in [1.29, 1.82) is 0 Å². The minimum absolute atomic E-state index is 0.00455. The Hall–Kier alpha value is -2.99. The molecule has 0 fully saturated rings. The molecular weight excluding hydrogens is 418 g/mol. The van der Waals surface area contributed by atoms with Crippen LogP contribution in [0.15, 0.2) is 38.2 Å². The van der Waals surface area contributed by atoms with E-state index >= 15 is 0 Å². The third-order valence-corrected chi connectivity index (χ3v) is 5.92. The number of anilines is 1. The number of rotatable bonds is 7. The number of carbonyl (C=O) groups is 1. The van der Waals surface area contributed by atoms with Gasteiger partial charge in [0.25, 0.3) is 11.2 Å². The van der Waals surface area contributed by atoms with Gasteiger partial charge in [-0.3, -0.25) is 29.3 Å². The summed E-state index contributed by atoms with van der Waals surface area (Å²) in [5, 5.41) is 13.5. The van der Waals surface area contributed by atoms with Gasteiger partial charge in [-0.05, 0) is 12.0 Å². The van der Waals surface area contributed by atoms with Crippen molar-refractivity contribution in [2.45, 2.75) is 24.7 Å². The minimum atomic E-state index is -0.592. The lowest BCUT2D eigenvalue weighted by atomic mass is 10.2. The molecule has 0 bridgehead atoms. The average Bonchev–Trinajstić information content (AvgIpc) is 3.04. The Balaban J connectivity index is 1.72. The van der Waals surface area contributed by atoms with Crippen molar-refractivity contribution in [3.05, 3.63) is 55.2 Å². The molecule has 152 valence electrons. The van der Waals surface area contributed by atoms with Crippen LogP contribution in [-0.2, 0) is 11.3 Å². The van der Waals surface area contributed by atoms with Gasteiger partial charge in [0.05, 0.1) is 20.9 Å². The summed E-state index contributed by atoms with van der Waals surface area (Å²) in [5.41, 5.74) is -0.727. The Morgan fingerprint density at radius 3 is 2.83 bits per heavy atom. The number of thiazole rings is 1. The molecule has 2 heterocycles. The third-order valence-electron chi connectivity index (χ3n) is 3.74. The largest absolute Gasteiger partial charge is 0.329 e. The molecule has 2 N–H and O–H groups in total. The molecule has 0 radical (unpaired) electrons. The van der Waals surface area contributed by atoms with Crippen LogP contribution in [0.4, 0.5) is 11.5 Å². The van der Waals surface area contributed by atoms with Crippen molar-refractivity contribution in [1.82, 2.24) is 14.5 Å². The van der Waals surface area contributed by atoms with E-state index in [-0.39, 0.29) is 23.2 Å². The highest BCUT2D eigenvalue weighted by Gasteiger charge is 2.14. The van der Waals surface area contributed by atoms with Crippen LogP contribution >= 0.6 is 23.1 Å². The number of amides is 1. The van der Waals surface area contributed by atoms with Gasteiger partial charge in [0.2, 0.25) is 5.91 Å². The quantitative estimate of drug-likeness (QED) is 0.330. The first-order valence-corrected chi connectivity index (χ1v) is 10.3. The Kier molecular flexibility index (Phi) is 6.13. The summed E-state index contributed by atoms with van der Waals surface area (Å²) in [7, 11) is 0. The molecular formula is C17H17N5O5S2. The van der Waals surface area contributed by atoms with Gasteiger partial charge in [-0.25, -0.2) is 9.78 Å². The van der Waals surface area contributed by atoms with Gasteiger partial charge in [0, 0.05) is 24.7 Å². The van der Waals surface area contributed by atoms with Crippen LogP contribution in [0, 0.1) is 16.0 Å². The number of H-pyrrole nitrogens is 1. The molecule has 3 aromatic rings. The lowest BCUT2D eigenvalue weighted by Crippen LogP contribution is -2.34. The Bertz CT molecular complexity index is 1200. The molecule has 10 nitrogen and oxygen atoms in total.